The van der Waals surface area contributed by atoms with E-state index in [9.17, 15) is 5.11 Å². The maximum absolute atomic E-state index is 12.0. The number of hydrogen-bond donors (Lipinski definition) is 2. The number of fused-ring (bicyclic) bond motifs is 1. The molecule has 1 aliphatic carbocycles. The number of aromatic amines is 1. The van der Waals surface area contributed by atoms with E-state index in [-0.39, 0.29) is 6.04 Å². The molecule has 6 rings (SSSR count). The van der Waals surface area contributed by atoms with Gasteiger partial charge in [-0.25, -0.2) is 4.98 Å². The van der Waals surface area contributed by atoms with Crippen LogP contribution in [0.25, 0.3) is 16.9 Å². The molecule has 176 valence electrons. The van der Waals surface area contributed by atoms with E-state index in [2.05, 4.69) is 63.5 Å². The van der Waals surface area contributed by atoms with Gasteiger partial charge in [0.05, 0.1) is 31.1 Å². The number of hydrogen-bond acceptors (Lipinski definition) is 6. The van der Waals surface area contributed by atoms with Crippen LogP contribution in [0, 0.1) is 0 Å². The van der Waals surface area contributed by atoms with Crippen LogP contribution in [-0.2, 0) is 10.3 Å². The summed E-state index contributed by atoms with van der Waals surface area (Å²) in [4.78, 5) is 7.29. The summed E-state index contributed by atoms with van der Waals surface area (Å²) >= 11 is 0. The van der Waals surface area contributed by atoms with Crippen LogP contribution in [0.4, 0.5) is 5.82 Å². The summed E-state index contributed by atoms with van der Waals surface area (Å²) in [7, 11) is 0. The molecule has 2 aliphatic rings. The molecule has 4 heterocycles. The third-order valence-corrected chi connectivity index (χ3v) is 7.48. The van der Waals surface area contributed by atoms with E-state index in [4.69, 9.17) is 9.72 Å². The Morgan fingerprint density at radius 1 is 1.12 bits per heavy atom. The second-order valence-corrected chi connectivity index (χ2v) is 9.59. The fourth-order valence-corrected chi connectivity index (χ4v) is 5.55. The SMILES string of the molecule is C[C@@H]1COCCN1c1cc([C@]2(O)CC[C@H](c3ccccc3)CC2)c2cnn(-c3cc[nH]n3)c2n1. The monoisotopic (exact) mass is 458 g/mol. The molecule has 0 amide bonds. The number of benzene rings is 1. The Hall–Kier alpha value is -3.23. The van der Waals surface area contributed by atoms with Gasteiger partial charge in [-0.2, -0.15) is 14.9 Å². The number of pyridine rings is 1. The molecule has 1 saturated heterocycles. The lowest BCUT2D eigenvalue weighted by Gasteiger charge is -2.38. The first-order valence-electron chi connectivity index (χ1n) is 12.1. The number of nitrogens with zero attached hydrogens (tertiary/aromatic N) is 5. The minimum Gasteiger partial charge on any atom is -0.385 e. The first kappa shape index (κ1) is 21.3. The largest absolute Gasteiger partial charge is 0.385 e. The zero-order chi connectivity index (χ0) is 23.1. The highest BCUT2D eigenvalue weighted by Gasteiger charge is 2.38. The third-order valence-electron chi connectivity index (χ3n) is 7.48. The molecule has 8 heteroatoms. The number of rotatable bonds is 4. The van der Waals surface area contributed by atoms with Gasteiger partial charge >= 0.3 is 0 Å². The number of anilines is 1. The molecule has 0 unspecified atom stereocenters. The smallest absolute Gasteiger partial charge is 0.177 e. The summed E-state index contributed by atoms with van der Waals surface area (Å²) in [6.07, 6.45) is 6.90. The average molecular weight is 459 g/mol. The maximum atomic E-state index is 12.0. The number of aliphatic hydroxyl groups is 1. The summed E-state index contributed by atoms with van der Waals surface area (Å²) in [6.45, 7) is 4.25. The molecule has 34 heavy (non-hydrogen) atoms. The normalized spacial score (nSPS) is 25.6. The summed E-state index contributed by atoms with van der Waals surface area (Å²) in [5.74, 6) is 2.01. The molecule has 4 aromatic rings. The highest BCUT2D eigenvalue weighted by molar-refractivity contribution is 5.83. The number of nitrogens with one attached hydrogen (secondary N) is 1. The zero-order valence-corrected chi connectivity index (χ0v) is 19.4. The lowest BCUT2D eigenvalue weighted by Crippen LogP contribution is -2.44. The van der Waals surface area contributed by atoms with Crippen LogP contribution >= 0.6 is 0 Å². The van der Waals surface area contributed by atoms with Crippen molar-refractivity contribution in [1.29, 1.82) is 0 Å². The third kappa shape index (κ3) is 3.67. The van der Waals surface area contributed by atoms with Crippen LogP contribution in [0.5, 0.6) is 0 Å². The van der Waals surface area contributed by atoms with Gasteiger partial charge in [0.2, 0.25) is 0 Å². The summed E-state index contributed by atoms with van der Waals surface area (Å²) in [6, 6.07) is 14.8. The topological polar surface area (TPSA) is 92.1 Å². The quantitative estimate of drug-likeness (QED) is 0.482. The highest BCUT2D eigenvalue weighted by atomic mass is 16.5. The van der Waals surface area contributed by atoms with Crippen LogP contribution in [0.3, 0.4) is 0 Å². The standard InChI is InChI=1S/C26H30N6O2/c1-18-17-34-14-13-31(18)24-15-22(21-16-28-32(25(21)29-24)23-9-12-27-30-23)26(33)10-7-20(8-11-26)19-5-3-2-4-6-19/h2-6,9,12,15-16,18,20,33H,7-8,10-11,13-14,17H2,1H3,(H,27,30)/t18-,20-,26-/m1/s1. The van der Waals surface area contributed by atoms with Gasteiger partial charge < -0.3 is 14.7 Å². The van der Waals surface area contributed by atoms with E-state index < -0.39 is 5.60 Å². The summed E-state index contributed by atoms with van der Waals surface area (Å²) < 4.78 is 7.41. The number of ether oxygens (including phenoxy) is 1. The molecule has 1 saturated carbocycles. The Morgan fingerprint density at radius 2 is 1.94 bits per heavy atom. The molecule has 0 radical (unpaired) electrons. The van der Waals surface area contributed by atoms with Gasteiger partial charge in [-0.1, -0.05) is 30.3 Å². The maximum Gasteiger partial charge on any atom is 0.177 e. The molecule has 3 aromatic heterocycles. The Morgan fingerprint density at radius 3 is 2.68 bits per heavy atom. The summed E-state index contributed by atoms with van der Waals surface area (Å²) in [5.41, 5.74) is 2.07. The molecule has 1 atom stereocenters. The molecular weight excluding hydrogens is 428 g/mol. The van der Waals surface area contributed by atoms with E-state index in [1.807, 2.05) is 12.3 Å². The fraction of sp³-hybridized carbons (Fsp3) is 0.423. The van der Waals surface area contributed by atoms with Crippen LogP contribution in [0.2, 0.25) is 0 Å². The van der Waals surface area contributed by atoms with E-state index in [1.54, 1.807) is 10.9 Å². The Labute approximate surface area is 198 Å². The van der Waals surface area contributed by atoms with Crippen LogP contribution in [0.1, 0.15) is 49.7 Å². The van der Waals surface area contributed by atoms with Gasteiger partial charge in [-0.15, -0.1) is 0 Å². The van der Waals surface area contributed by atoms with E-state index in [0.29, 0.717) is 37.8 Å². The van der Waals surface area contributed by atoms with Crippen molar-refractivity contribution in [3.63, 3.8) is 0 Å². The minimum atomic E-state index is -0.920. The lowest BCUT2D eigenvalue weighted by molar-refractivity contribution is -0.00435. The zero-order valence-electron chi connectivity index (χ0n) is 19.4. The Balaban J connectivity index is 1.42. The average Bonchev–Trinajstić information content (AvgIpc) is 3.55. The van der Waals surface area contributed by atoms with Gasteiger partial charge in [0, 0.05) is 24.2 Å². The van der Waals surface area contributed by atoms with Gasteiger partial charge in [0.25, 0.3) is 0 Å². The predicted octanol–water partition coefficient (Wildman–Crippen LogP) is 3.91. The molecule has 0 bridgehead atoms. The predicted molar refractivity (Wildman–Crippen MR) is 130 cm³/mol. The van der Waals surface area contributed by atoms with Crippen LogP contribution in [0.15, 0.2) is 54.9 Å². The molecule has 2 fully saturated rings. The number of morpholine rings is 1. The van der Waals surface area contributed by atoms with Crippen molar-refractivity contribution in [3.8, 4) is 5.82 Å². The lowest BCUT2D eigenvalue weighted by atomic mass is 9.73. The van der Waals surface area contributed by atoms with Crippen LogP contribution < -0.4 is 4.90 Å². The van der Waals surface area contributed by atoms with E-state index >= 15 is 0 Å². The van der Waals surface area contributed by atoms with Gasteiger partial charge in [-0.05, 0) is 55.7 Å². The second-order valence-electron chi connectivity index (χ2n) is 9.59. The van der Waals surface area contributed by atoms with Crippen molar-refractivity contribution in [2.75, 3.05) is 24.7 Å². The minimum absolute atomic E-state index is 0.205. The molecule has 0 spiro atoms. The molecular formula is C26H30N6O2. The van der Waals surface area contributed by atoms with Gasteiger partial charge in [0.1, 0.15) is 5.82 Å². The highest BCUT2D eigenvalue weighted by Crippen LogP contribution is 2.46. The molecule has 1 aliphatic heterocycles. The van der Waals surface area contributed by atoms with E-state index in [1.165, 1.54) is 5.56 Å². The van der Waals surface area contributed by atoms with Crippen molar-refractivity contribution >= 4 is 16.9 Å². The fourth-order valence-electron chi connectivity index (χ4n) is 5.55. The molecule has 2 N–H and O–H groups in total. The van der Waals surface area contributed by atoms with Crippen molar-refractivity contribution in [1.82, 2.24) is 25.0 Å². The van der Waals surface area contributed by atoms with Crippen molar-refractivity contribution < 1.29 is 9.84 Å². The number of aromatic nitrogens is 5. The first-order chi connectivity index (χ1) is 16.6. The van der Waals surface area contributed by atoms with Gasteiger partial charge in [-0.3, -0.25) is 5.10 Å². The Bertz CT molecular complexity index is 1260. The Kier molecular flexibility index (Phi) is 5.34. The summed E-state index contributed by atoms with van der Waals surface area (Å²) in [5, 5.41) is 24.7. The van der Waals surface area contributed by atoms with Crippen molar-refractivity contribution in [2.45, 2.75) is 50.2 Å². The molecule has 1 aromatic carbocycles. The van der Waals surface area contributed by atoms with Crippen molar-refractivity contribution in [3.05, 3.63) is 66.0 Å². The molecule has 8 nitrogen and oxygen atoms in total. The first-order valence-corrected chi connectivity index (χ1v) is 12.1. The van der Waals surface area contributed by atoms with E-state index in [0.717, 1.165) is 41.8 Å². The second kappa shape index (κ2) is 8.52. The number of H-pyrrole nitrogens is 1. The van der Waals surface area contributed by atoms with Crippen LogP contribution in [-0.4, -0.2) is 55.9 Å². The van der Waals surface area contributed by atoms with Gasteiger partial charge in [0.15, 0.2) is 11.5 Å². The van der Waals surface area contributed by atoms with Crippen molar-refractivity contribution in [2.24, 2.45) is 0 Å².